The van der Waals surface area contributed by atoms with Crippen LogP contribution in [0.15, 0.2) is 18.2 Å². The van der Waals surface area contributed by atoms with Crippen molar-refractivity contribution in [1.29, 1.82) is 0 Å². The number of methoxy groups -OCH3 is 1. The molecular weight excluding hydrogens is 248 g/mol. The van der Waals surface area contributed by atoms with Gasteiger partial charge in [0.2, 0.25) is 0 Å². The summed E-state index contributed by atoms with van der Waals surface area (Å²) >= 11 is 0. The molecule has 2 nitrogen and oxygen atoms in total. The van der Waals surface area contributed by atoms with Crippen LogP contribution in [0, 0.1) is 11.8 Å². The topological polar surface area (TPSA) is 18.5 Å². The van der Waals surface area contributed by atoms with Crippen LogP contribution < -0.4 is 4.74 Å². The van der Waals surface area contributed by atoms with Crippen LogP contribution in [0.25, 0.3) is 0 Å². The van der Waals surface area contributed by atoms with Gasteiger partial charge in [-0.25, -0.2) is 0 Å². The van der Waals surface area contributed by atoms with Crippen molar-refractivity contribution in [2.75, 3.05) is 13.7 Å². The molecule has 0 unspecified atom stereocenters. The van der Waals surface area contributed by atoms with E-state index in [1.807, 2.05) is 0 Å². The lowest BCUT2D eigenvalue weighted by Gasteiger charge is -2.48. The first-order valence-electron chi connectivity index (χ1n) is 8.02. The van der Waals surface area contributed by atoms with Crippen LogP contribution >= 0.6 is 0 Å². The number of fused-ring (bicyclic) bond motifs is 5. The first kappa shape index (κ1) is 12.7. The normalized spacial score (nSPS) is 38.8. The lowest BCUT2D eigenvalue weighted by atomic mass is 9.59. The van der Waals surface area contributed by atoms with Crippen LogP contribution in [-0.4, -0.2) is 19.3 Å². The molecule has 4 atom stereocenters. The lowest BCUT2D eigenvalue weighted by Crippen LogP contribution is -2.44. The molecule has 2 fully saturated rings. The SMILES string of the molecule is COc1ccc2c(c1)[C@H]1CC[C@]3(C)OCC[C@H]3[C@@H]1CC2. The van der Waals surface area contributed by atoms with Crippen LogP contribution in [0.1, 0.15) is 49.7 Å². The molecule has 0 radical (unpaired) electrons. The van der Waals surface area contributed by atoms with Gasteiger partial charge in [0.05, 0.1) is 12.7 Å². The number of ether oxygens (including phenoxy) is 2. The fraction of sp³-hybridized carbons (Fsp3) is 0.667. The van der Waals surface area contributed by atoms with E-state index >= 15 is 0 Å². The Bertz CT molecular complexity index is 524. The minimum Gasteiger partial charge on any atom is -0.497 e. The molecule has 1 heterocycles. The predicted molar refractivity (Wildman–Crippen MR) is 79.2 cm³/mol. The zero-order valence-corrected chi connectivity index (χ0v) is 12.5. The second kappa shape index (κ2) is 4.49. The molecule has 1 saturated carbocycles. The predicted octanol–water partition coefficient (Wildman–Crippen LogP) is 3.93. The highest BCUT2D eigenvalue weighted by molar-refractivity contribution is 5.40. The Hall–Kier alpha value is -1.02. The van der Waals surface area contributed by atoms with Crippen LogP contribution in [-0.2, 0) is 11.2 Å². The molecular formula is C18H24O2. The minimum atomic E-state index is 0.164. The van der Waals surface area contributed by atoms with Crippen LogP contribution in [0.4, 0.5) is 0 Å². The quantitative estimate of drug-likeness (QED) is 0.771. The number of benzene rings is 1. The van der Waals surface area contributed by atoms with Gasteiger partial charge in [-0.1, -0.05) is 6.07 Å². The summed E-state index contributed by atoms with van der Waals surface area (Å²) in [6.45, 7) is 3.32. The van der Waals surface area contributed by atoms with E-state index in [1.54, 1.807) is 18.2 Å². The number of hydrogen-bond donors (Lipinski definition) is 0. The average molecular weight is 272 g/mol. The Labute approximate surface area is 121 Å². The van der Waals surface area contributed by atoms with E-state index in [-0.39, 0.29) is 5.60 Å². The van der Waals surface area contributed by atoms with Gasteiger partial charge < -0.3 is 9.47 Å². The Balaban J connectivity index is 1.72. The van der Waals surface area contributed by atoms with Crippen molar-refractivity contribution in [3.05, 3.63) is 29.3 Å². The molecule has 0 bridgehead atoms. The molecule has 4 rings (SSSR count). The molecule has 0 aromatic heterocycles. The van der Waals surface area contributed by atoms with E-state index in [0.717, 1.165) is 30.1 Å². The van der Waals surface area contributed by atoms with Crippen LogP contribution in [0.5, 0.6) is 5.75 Å². The van der Waals surface area contributed by atoms with Crippen molar-refractivity contribution < 1.29 is 9.47 Å². The third kappa shape index (κ3) is 1.74. The second-order valence-corrected chi connectivity index (χ2v) is 6.97. The first-order chi connectivity index (χ1) is 9.71. The maximum atomic E-state index is 6.10. The summed E-state index contributed by atoms with van der Waals surface area (Å²) < 4.78 is 11.5. The van der Waals surface area contributed by atoms with Crippen LogP contribution in [0.2, 0.25) is 0 Å². The summed E-state index contributed by atoms with van der Waals surface area (Å²) in [6.07, 6.45) is 6.32. The highest BCUT2D eigenvalue weighted by atomic mass is 16.5. The standard InChI is InChI=1S/C18H24O2/c1-18-9-7-14-15(17(18)8-10-20-18)6-4-12-3-5-13(19-2)11-16(12)14/h3,5,11,14-15,17H,4,6-10H2,1-2H3/t14-,15+,17-,18-/m0/s1. The van der Waals surface area contributed by atoms with Gasteiger partial charge in [0.25, 0.3) is 0 Å². The molecule has 20 heavy (non-hydrogen) atoms. The molecule has 1 saturated heterocycles. The Morgan fingerprint density at radius 3 is 3.00 bits per heavy atom. The van der Waals surface area contributed by atoms with Crippen LogP contribution in [0.3, 0.4) is 0 Å². The van der Waals surface area contributed by atoms with Gasteiger partial charge in [-0.2, -0.15) is 0 Å². The summed E-state index contributed by atoms with van der Waals surface area (Å²) in [6, 6.07) is 6.69. The zero-order valence-electron chi connectivity index (χ0n) is 12.5. The molecule has 0 N–H and O–H groups in total. The summed E-state index contributed by atoms with van der Waals surface area (Å²) in [5, 5.41) is 0. The van der Waals surface area contributed by atoms with Crippen molar-refractivity contribution in [3.8, 4) is 5.75 Å². The highest BCUT2D eigenvalue weighted by Gasteiger charge is 2.51. The fourth-order valence-electron chi connectivity index (χ4n) is 5.08. The van der Waals surface area contributed by atoms with Gasteiger partial charge in [-0.3, -0.25) is 0 Å². The molecule has 0 spiro atoms. The number of rotatable bonds is 1. The van der Waals surface area contributed by atoms with E-state index in [4.69, 9.17) is 9.47 Å². The minimum absolute atomic E-state index is 0.164. The van der Waals surface area contributed by atoms with Crippen molar-refractivity contribution in [2.24, 2.45) is 11.8 Å². The summed E-state index contributed by atoms with van der Waals surface area (Å²) in [7, 11) is 1.77. The van der Waals surface area contributed by atoms with Crippen molar-refractivity contribution in [2.45, 2.75) is 50.5 Å². The van der Waals surface area contributed by atoms with Gasteiger partial charge >= 0.3 is 0 Å². The monoisotopic (exact) mass is 272 g/mol. The summed E-state index contributed by atoms with van der Waals surface area (Å²) in [5.74, 6) is 3.32. The smallest absolute Gasteiger partial charge is 0.119 e. The van der Waals surface area contributed by atoms with Gasteiger partial charge in [0.1, 0.15) is 5.75 Å². The van der Waals surface area contributed by atoms with E-state index in [0.29, 0.717) is 0 Å². The summed E-state index contributed by atoms with van der Waals surface area (Å²) in [4.78, 5) is 0. The van der Waals surface area contributed by atoms with E-state index in [2.05, 4.69) is 25.1 Å². The molecule has 3 aliphatic rings. The van der Waals surface area contributed by atoms with Crippen molar-refractivity contribution in [3.63, 3.8) is 0 Å². The van der Waals surface area contributed by atoms with Gasteiger partial charge in [-0.05, 0) is 80.0 Å². The Kier molecular flexibility index (Phi) is 2.85. The molecule has 2 aliphatic carbocycles. The zero-order chi connectivity index (χ0) is 13.7. The fourth-order valence-corrected chi connectivity index (χ4v) is 5.08. The van der Waals surface area contributed by atoms with Crippen molar-refractivity contribution in [1.82, 2.24) is 0 Å². The third-order valence-corrected chi connectivity index (χ3v) is 6.13. The maximum absolute atomic E-state index is 6.10. The molecule has 1 aromatic carbocycles. The van der Waals surface area contributed by atoms with Gasteiger partial charge in [-0.15, -0.1) is 0 Å². The number of aryl methyl sites for hydroxylation is 1. The van der Waals surface area contributed by atoms with E-state index < -0.39 is 0 Å². The Morgan fingerprint density at radius 2 is 2.15 bits per heavy atom. The third-order valence-electron chi connectivity index (χ3n) is 6.13. The molecule has 108 valence electrons. The molecule has 0 amide bonds. The van der Waals surface area contributed by atoms with Gasteiger partial charge in [0, 0.05) is 6.61 Å². The highest BCUT2D eigenvalue weighted by Crippen LogP contribution is 2.55. The average Bonchev–Trinajstić information content (AvgIpc) is 2.88. The lowest BCUT2D eigenvalue weighted by molar-refractivity contribution is -0.0566. The first-order valence-corrected chi connectivity index (χ1v) is 8.02. The number of hydrogen-bond acceptors (Lipinski definition) is 2. The Morgan fingerprint density at radius 1 is 1.25 bits per heavy atom. The van der Waals surface area contributed by atoms with Gasteiger partial charge in [0.15, 0.2) is 0 Å². The second-order valence-electron chi connectivity index (χ2n) is 6.97. The van der Waals surface area contributed by atoms with E-state index in [9.17, 15) is 0 Å². The largest absolute Gasteiger partial charge is 0.497 e. The molecule has 2 heteroatoms. The van der Waals surface area contributed by atoms with Crippen molar-refractivity contribution >= 4 is 0 Å². The van der Waals surface area contributed by atoms with E-state index in [1.165, 1.54) is 32.1 Å². The molecule has 1 aromatic rings. The summed E-state index contributed by atoms with van der Waals surface area (Å²) in [5.41, 5.74) is 3.28. The molecule has 1 aliphatic heterocycles. The maximum Gasteiger partial charge on any atom is 0.119 e.